The van der Waals surface area contributed by atoms with E-state index in [1.54, 1.807) is 6.20 Å². The molecule has 0 amide bonds. The van der Waals surface area contributed by atoms with Gasteiger partial charge in [0.05, 0.1) is 5.69 Å². The Kier molecular flexibility index (Phi) is 2.36. The van der Waals surface area contributed by atoms with E-state index in [2.05, 4.69) is 28.4 Å². The molecule has 0 spiro atoms. The lowest BCUT2D eigenvalue weighted by molar-refractivity contribution is 0.104. The molecule has 5 rings (SSSR count). The van der Waals surface area contributed by atoms with Crippen molar-refractivity contribution in [1.29, 1.82) is 0 Å². The summed E-state index contributed by atoms with van der Waals surface area (Å²) >= 11 is 0. The summed E-state index contributed by atoms with van der Waals surface area (Å²) < 4.78 is 0. The highest BCUT2D eigenvalue weighted by atomic mass is 16.1. The first-order valence-corrected chi connectivity index (χ1v) is 7.54. The third-order valence-corrected chi connectivity index (χ3v) is 4.52. The molecule has 0 saturated carbocycles. The number of carbonyl (C=O) groups is 1. The van der Waals surface area contributed by atoms with Crippen molar-refractivity contribution in [1.82, 2.24) is 10.2 Å². The number of aromatic nitrogens is 2. The van der Waals surface area contributed by atoms with E-state index in [0.717, 1.165) is 44.3 Å². The quantitative estimate of drug-likeness (QED) is 0.497. The average molecular weight is 296 g/mol. The van der Waals surface area contributed by atoms with Crippen LogP contribution in [0.3, 0.4) is 0 Å². The van der Waals surface area contributed by atoms with Gasteiger partial charge in [0.15, 0.2) is 5.78 Å². The fraction of sp³-hybridized carbons (Fsp3) is 0. The van der Waals surface area contributed by atoms with Crippen LogP contribution < -0.4 is 0 Å². The van der Waals surface area contributed by atoms with E-state index in [0.29, 0.717) is 0 Å². The van der Waals surface area contributed by atoms with Gasteiger partial charge < -0.3 is 0 Å². The van der Waals surface area contributed by atoms with Crippen molar-refractivity contribution in [3.05, 3.63) is 78.0 Å². The number of aromatic amines is 1. The predicted octanol–water partition coefficient (Wildman–Crippen LogP) is 4.44. The van der Waals surface area contributed by atoms with Crippen LogP contribution in [-0.4, -0.2) is 16.0 Å². The van der Waals surface area contributed by atoms with E-state index in [4.69, 9.17) is 0 Å². The van der Waals surface area contributed by atoms with Gasteiger partial charge in [-0.25, -0.2) is 0 Å². The van der Waals surface area contributed by atoms with Crippen LogP contribution in [0.4, 0.5) is 0 Å². The van der Waals surface area contributed by atoms with Crippen molar-refractivity contribution in [2.24, 2.45) is 0 Å². The zero-order chi connectivity index (χ0) is 15.4. The fourth-order valence-electron chi connectivity index (χ4n) is 3.52. The van der Waals surface area contributed by atoms with E-state index in [9.17, 15) is 4.79 Å². The van der Waals surface area contributed by atoms with Gasteiger partial charge in [0, 0.05) is 33.8 Å². The summed E-state index contributed by atoms with van der Waals surface area (Å²) in [5.41, 5.74) is 5.67. The number of ketones is 1. The van der Waals surface area contributed by atoms with Crippen molar-refractivity contribution in [3.63, 3.8) is 0 Å². The predicted molar refractivity (Wildman–Crippen MR) is 90.4 cm³/mol. The number of nitrogens with one attached hydrogen (secondary N) is 1. The Hall–Kier alpha value is -3.20. The molecule has 0 bridgehead atoms. The van der Waals surface area contributed by atoms with Crippen LogP contribution in [0.15, 0.2) is 66.9 Å². The molecule has 3 aromatic carbocycles. The molecule has 0 saturated heterocycles. The first-order chi connectivity index (χ1) is 11.3. The smallest absolute Gasteiger partial charge is 0.194 e. The second kappa shape index (κ2) is 4.40. The Morgan fingerprint density at radius 3 is 2.39 bits per heavy atom. The van der Waals surface area contributed by atoms with Crippen molar-refractivity contribution >= 4 is 16.6 Å². The minimum Gasteiger partial charge on any atom is -0.289 e. The molecule has 0 fully saturated rings. The molecule has 1 aliphatic rings. The highest BCUT2D eigenvalue weighted by Gasteiger charge is 2.27. The summed E-state index contributed by atoms with van der Waals surface area (Å²) in [4.78, 5) is 12.9. The number of benzene rings is 3. The number of fused-ring (bicyclic) bond motifs is 2. The van der Waals surface area contributed by atoms with Crippen LogP contribution in [0.5, 0.6) is 0 Å². The molecule has 1 heterocycles. The summed E-state index contributed by atoms with van der Waals surface area (Å²) in [6, 6.07) is 19.9. The molecular weight excluding hydrogens is 284 g/mol. The Morgan fingerprint density at radius 2 is 1.57 bits per heavy atom. The van der Waals surface area contributed by atoms with Crippen LogP contribution in [0, 0.1) is 0 Å². The largest absolute Gasteiger partial charge is 0.289 e. The Balaban J connectivity index is 2.03. The van der Waals surface area contributed by atoms with E-state index >= 15 is 0 Å². The van der Waals surface area contributed by atoms with Crippen LogP contribution in [0.1, 0.15) is 15.9 Å². The fourth-order valence-corrected chi connectivity index (χ4v) is 3.52. The second-order valence-corrected chi connectivity index (χ2v) is 5.74. The van der Waals surface area contributed by atoms with Crippen molar-refractivity contribution < 1.29 is 4.79 Å². The van der Waals surface area contributed by atoms with E-state index in [1.807, 2.05) is 42.5 Å². The van der Waals surface area contributed by atoms with Gasteiger partial charge in [0.1, 0.15) is 0 Å². The standard InChI is InChI=1S/C20H12N2O/c23-20-14-6-2-1-5-13(14)19-15(17-10-11-21-22-17)9-8-12-4-3-7-16(20)18(12)19/h1-11H,(H,21,22). The Morgan fingerprint density at radius 1 is 0.739 bits per heavy atom. The minimum atomic E-state index is 0.0976. The molecule has 3 heteroatoms. The van der Waals surface area contributed by atoms with E-state index in [1.165, 1.54) is 0 Å². The maximum absolute atomic E-state index is 12.9. The Bertz CT molecular complexity index is 1080. The minimum absolute atomic E-state index is 0.0976. The zero-order valence-electron chi connectivity index (χ0n) is 12.2. The maximum atomic E-state index is 12.9. The molecule has 3 nitrogen and oxygen atoms in total. The molecule has 0 unspecified atom stereocenters. The molecule has 0 aliphatic heterocycles. The third-order valence-electron chi connectivity index (χ3n) is 4.52. The number of nitrogens with zero attached hydrogens (tertiary/aromatic N) is 1. The van der Waals surface area contributed by atoms with Crippen LogP contribution in [0.25, 0.3) is 33.2 Å². The monoisotopic (exact) mass is 296 g/mol. The molecule has 4 aromatic rings. The first kappa shape index (κ1) is 12.4. The maximum Gasteiger partial charge on any atom is 0.194 e. The third kappa shape index (κ3) is 1.59. The topological polar surface area (TPSA) is 45.8 Å². The highest BCUT2D eigenvalue weighted by Crippen LogP contribution is 2.44. The van der Waals surface area contributed by atoms with Crippen LogP contribution in [0.2, 0.25) is 0 Å². The number of hydrogen-bond acceptors (Lipinski definition) is 2. The lowest BCUT2D eigenvalue weighted by Gasteiger charge is -2.22. The molecule has 0 radical (unpaired) electrons. The van der Waals surface area contributed by atoms with Gasteiger partial charge in [0.25, 0.3) is 0 Å². The number of rotatable bonds is 1. The van der Waals surface area contributed by atoms with Crippen molar-refractivity contribution in [2.75, 3.05) is 0 Å². The SMILES string of the molecule is O=C1c2ccccc2-c2c(-c3ccn[nH]3)ccc3cccc1c23. The highest BCUT2D eigenvalue weighted by molar-refractivity contribution is 6.27. The molecule has 108 valence electrons. The lowest BCUT2D eigenvalue weighted by atomic mass is 9.80. The van der Waals surface area contributed by atoms with Gasteiger partial charge >= 0.3 is 0 Å². The zero-order valence-corrected chi connectivity index (χ0v) is 12.2. The first-order valence-electron chi connectivity index (χ1n) is 7.54. The van der Waals surface area contributed by atoms with E-state index < -0.39 is 0 Å². The van der Waals surface area contributed by atoms with E-state index in [-0.39, 0.29) is 5.78 Å². The van der Waals surface area contributed by atoms with Crippen LogP contribution in [-0.2, 0) is 0 Å². The number of carbonyl (C=O) groups excluding carboxylic acids is 1. The summed E-state index contributed by atoms with van der Waals surface area (Å²) in [6.45, 7) is 0. The summed E-state index contributed by atoms with van der Waals surface area (Å²) in [5.74, 6) is 0.0976. The molecule has 1 aliphatic carbocycles. The lowest BCUT2D eigenvalue weighted by Crippen LogP contribution is -2.10. The van der Waals surface area contributed by atoms with Gasteiger partial charge in [-0.05, 0) is 17.0 Å². The molecular formula is C20H12N2O. The van der Waals surface area contributed by atoms with Gasteiger partial charge in [-0.15, -0.1) is 0 Å². The number of hydrogen-bond donors (Lipinski definition) is 1. The van der Waals surface area contributed by atoms with Gasteiger partial charge in [-0.1, -0.05) is 54.6 Å². The van der Waals surface area contributed by atoms with Crippen LogP contribution >= 0.6 is 0 Å². The van der Waals surface area contributed by atoms with Crippen molar-refractivity contribution in [3.8, 4) is 22.4 Å². The van der Waals surface area contributed by atoms with Gasteiger partial charge in [-0.3, -0.25) is 9.89 Å². The second-order valence-electron chi connectivity index (χ2n) is 5.74. The normalized spacial score (nSPS) is 12.4. The van der Waals surface area contributed by atoms with Gasteiger partial charge in [0.2, 0.25) is 0 Å². The number of H-pyrrole nitrogens is 1. The van der Waals surface area contributed by atoms with Crippen molar-refractivity contribution in [2.45, 2.75) is 0 Å². The van der Waals surface area contributed by atoms with Gasteiger partial charge in [-0.2, -0.15) is 5.10 Å². The summed E-state index contributed by atoms with van der Waals surface area (Å²) in [5, 5.41) is 9.23. The summed E-state index contributed by atoms with van der Waals surface area (Å²) in [6.07, 6.45) is 1.75. The molecule has 23 heavy (non-hydrogen) atoms. The average Bonchev–Trinajstić information content (AvgIpc) is 3.13. The molecule has 1 N–H and O–H groups in total. The summed E-state index contributed by atoms with van der Waals surface area (Å²) in [7, 11) is 0. The molecule has 0 atom stereocenters. The Labute approximate surface area is 132 Å². The molecule has 1 aromatic heterocycles.